The van der Waals surface area contributed by atoms with Gasteiger partial charge in [-0.25, -0.2) is 4.68 Å². The first kappa shape index (κ1) is 14.9. The second-order valence-corrected chi connectivity index (χ2v) is 4.98. The van der Waals surface area contributed by atoms with Crippen LogP contribution >= 0.6 is 0 Å². The Hall–Kier alpha value is -2.12. The van der Waals surface area contributed by atoms with E-state index in [0.29, 0.717) is 11.5 Å². The summed E-state index contributed by atoms with van der Waals surface area (Å²) in [5.74, 6) is 0.168. The molecule has 8 nitrogen and oxygen atoms in total. The van der Waals surface area contributed by atoms with Crippen LogP contribution in [0.25, 0.3) is 0 Å². The molecule has 0 unspecified atom stereocenters. The van der Waals surface area contributed by atoms with Crippen molar-refractivity contribution in [3.05, 3.63) is 15.8 Å². The average Bonchev–Trinajstić information content (AvgIpc) is 2.60. The van der Waals surface area contributed by atoms with Gasteiger partial charge in [-0.15, -0.1) is 0 Å². The molecule has 0 spiro atoms. The van der Waals surface area contributed by atoms with E-state index in [0.717, 1.165) is 0 Å². The number of hydrogen-bond acceptors (Lipinski definition) is 5. The molecule has 1 aromatic heterocycles. The maximum Gasteiger partial charge on any atom is 0.333 e. The Morgan fingerprint density at radius 2 is 2.11 bits per heavy atom. The van der Waals surface area contributed by atoms with Crippen molar-refractivity contribution in [1.82, 2.24) is 15.1 Å². The molecule has 0 bridgehead atoms. The number of aryl methyl sites for hydroxylation is 2. The molecule has 0 radical (unpaired) electrons. The van der Waals surface area contributed by atoms with Crippen molar-refractivity contribution in [1.29, 1.82) is 0 Å². The van der Waals surface area contributed by atoms with Gasteiger partial charge in [-0.05, 0) is 20.8 Å². The monoisotopic (exact) mass is 269 g/mol. The third-order valence-electron chi connectivity index (χ3n) is 2.91. The Morgan fingerprint density at radius 1 is 1.53 bits per heavy atom. The maximum atomic E-state index is 11.7. The molecule has 1 aromatic rings. The number of anilines is 1. The van der Waals surface area contributed by atoms with Gasteiger partial charge in [0, 0.05) is 20.6 Å². The van der Waals surface area contributed by atoms with Crippen LogP contribution in [-0.4, -0.2) is 34.2 Å². The molecule has 1 rings (SSSR count). The number of hydrogen-bond donors (Lipinski definition) is 2. The summed E-state index contributed by atoms with van der Waals surface area (Å²) in [5.41, 5.74) is -0.399. The van der Waals surface area contributed by atoms with Crippen LogP contribution in [0.2, 0.25) is 0 Å². The molecule has 0 aliphatic heterocycles. The number of nitro groups is 1. The van der Waals surface area contributed by atoms with E-state index in [4.69, 9.17) is 0 Å². The number of nitrogens with zero attached hydrogens (tertiary/aromatic N) is 3. The smallest absolute Gasteiger partial charge is 0.333 e. The molecule has 0 fully saturated rings. The standard InChI is InChI=1S/C11H19N5O3/c1-7-8(16(18)19)9(15(5)14-7)13-6-11(2,3)10(17)12-4/h13H,6H2,1-5H3,(H,12,17). The van der Waals surface area contributed by atoms with Gasteiger partial charge in [0.1, 0.15) is 5.69 Å². The molecular formula is C11H19N5O3. The van der Waals surface area contributed by atoms with Gasteiger partial charge in [0.05, 0.1) is 10.3 Å². The van der Waals surface area contributed by atoms with Gasteiger partial charge in [-0.3, -0.25) is 14.9 Å². The normalized spacial score (nSPS) is 11.2. The van der Waals surface area contributed by atoms with E-state index >= 15 is 0 Å². The Bertz CT molecular complexity index is 507. The highest BCUT2D eigenvalue weighted by molar-refractivity contribution is 5.82. The van der Waals surface area contributed by atoms with Gasteiger partial charge in [0.25, 0.3) is 0 Å². The number of aromatic nitrogens is 2. The second kappa shape index (κ2) is 5.25. The van der Waals surface area contributed by atoms with Gasteiger partial charge in [0.2, 0.25) is 11.7 Å². The van der Waals surface area contributed by atoms with E-state index in [1.54, 1.807) is 34.9 Å². The van der Waals surface area contributed by atoms with Gasteiger partial charge in [-0.1, -0.05) is 0 Å². The maximum absolute atomic E-state index is 11.7. The third kappa shape index (κ3) is 3.01. The Morgan fingerprint density at radius 3 is 2.58 bits per heavy atom. The lowest BCUT2D eigenvalue weighted by atomic mass is 9.92. The molecule has 106 valence electrons. The summed E-state index contributed by atoms with van der Waals surface area (Å²) in [6.07, 6.45) is 0. The van der Waals surface area contributed by atoms with E-state index in [1.165, 1.54) is 4.68 Å². The largest absolute Gasteiger partial charge is 0.363 e. The number of nitrogens with one attached hydrogen (secondary N) is 2. The fourth-order valence-corrected chi connectivity index (χ4v) is 1.79. The van der Waals surface area contributed by atoms with Gasteiger partial charge >= 0.3 is 5.69 Å². The lowest BCUT2D eigenvalue weighted by Gasteiger charge is -2.23. The zero-order chi connectivity index (χ0) is 14.8. The molecule has 1 heterocycles. The van der Waals surface area contributed by atoms with Gasteiger partial charge in [0.15, 0.2) is 0 Å². The SMILES string of the molecule is CNC(=O)C(C)(C)CNc1c([N+](=O)[O-])c(C)nn1C. The van der Waals surface area contributed by atoms with E-state index in [2.05, 4.69) is 15.7 Å². The van der Waals surface area contributed by atoms with E-state index in [9.17, 15) is 14.9 Å². The molecule has 0 atom stereocenters. The first-order chi connectivity index (χ1) is 8.70. The Labute approximate surface area is 111 Å². The van der Waals surface area contributed by atoms with Crippen molar-refractivity contribution in [2.24, 2.45) is 12.5 Å². The molecule has 1 amide bonds. The van der Waals surface area contributed by atoms with Gasteiger partial charge < -0.3 is 10.6 Å². The topological polar surface area (TPSA) is 102 Å². The summed E-state index contributed by atoms with van der Waals surface area (Å²) in [4.78, 5) is 22.2. The number of rotatable bonds is 5. The van der Waals surface area contributed by atoms with Crippen LogP contribution in [0.4, 0.5) is 11.5 Å². The van der Waals surface area contributed by atoms with Crippen molar-refractivity contribution >= 4 is 17.4 Å². The summed E-state index contributed by atoms with van der Waals surface area (Å²) in [7, 11) is 3.18. The fraction of sp³-hybridized carbons (Fsp3) is 0.636. The number of amides is 1. The summed E-state index contributed by atoms with van der Waals surface area (Å²) in [5, 5.41) is 20.5. The molecule has 0 saturated carbocycles. The zero-order valence-corrected chi connectivity index (χ0v) is 11.8. The van der Waals surface area contributed by atoms with E-state index < -0.39 is 10.3 Å². The third-order valence-corrected chi connectivity index (χ3v) is 2.91. The highest BCUT2D eigenvalue weighted by Crippen LogP contribution is 2.28. The van der Waals surface area contributed by atoms with Crippen molar-refractivity contribution in [3.63, 3.8) is 0 Å². The van der Waals surface area contributed by atoms with Crippen LogP contribution in [0.1, 0.15) is 19.5 Å². The van der Waals surface area contributed by atoms with Crippen molar-refractivity contribution in [3.8, 4) is 0 Å². The van der Waals surface area contributed by atoms with E-state index in [-0.39, 0.29) is 18.1 Å². The molecule has 19 heavy (non-hydrogen) atoms. The molecule has 0 aliphatic rings. The van der Waals surface area contributed by atoms with Crippen LogP contribution in [0.5, 0.6) is 0 Å². The Kier molecular flexibility index (Phi) is 4.13. The Balaban J connectivity index is 2.95. The molecule has 0 aliphatic carbocycles. The zero-order valence-electron chi connectivity index (χ0n) is 11.8. The molecule has 2 N–H and O–H groups in total. The van der Waals surface area contributed by atoms with Gasteiger partial charge in [-0.2, -0.15) is 5.10 Å². The average molecular weight is 269 g/mol. The summed E-state index contributed by atoms with van der Waals surface area (Å²) in [6, 6.07) is 0. The molecule has 0 saturated heterocycles. The minimum atomic E-state index is -0.680. The highest BCUT2D eigenvalue weighted by Gasteiger charge is 2.29. The molecule has 8 heteroatoms. The van der Waals surface area contributed by atoms with Crippen LogP contribution < -0.4 is 10.6 Å². The van der Waals surface area contributed by atoms with Crippen LogP contribution in [0.3, 0.4) is 0 Å². The van der Waals surface area contributed by atoms with E-state index in [1.807, 2.05) is 0 Å². The minimum absolute atomic E-state index is 0.0600. The van der Waals surface area contributed by atoms with Crippen LogP contribution in [-0.2, 0) is 11.8 Å². The predicted octanol–water partition coefficient (Wildman–Crippen LogP) is 0.821. The second-order valence-electron chi connectivity index (χ2n) is 4.98. The first-order valence-corrected chi connectivity index (χ1v) is 5.84. The van der Waals surface area contributed by atoms with Crippen molar-refractivity contribution in [2.75, 3.05) is 18.9 Å². The molecule has 0 aromatic carbocycles. The lowest BCUT2D eigenvalue weighted by molar-refractivity contribution is -0.384. The number of carbonyl (C=O) groups is 1. The van der Waals surface area contributed by atoms with Crippen molar-refractivity contribution < 1.29 is 9.72 Å². The molecular weight excluding hydrogens is 250 g/mol. The van der Waals surface area contributed by atoms with Crippen LogP contribution in [0.15, 0.2) is 0 Å². The van der Waals surface area contributed by atoms with Crippen LogP contribution in [0, 0.1) is 22.5 Å². The fourth-order valence-electron chi connectivity index (χ4n) is 1.79. The quantitative estimate of drug-likeness (QED) is 0.608. The number of carbonyl (C=O) groups excluding carboxylic acids is 1. The predicted molar refractivity (Wildman–Crippen MR) is 70.9 cm³/mol. The first-order valence-electron chi connectivity index (χ1n) is 5.84. The lowest BCUT2D eigenvalue weighted by Crippen LogP contribution is -2.39. The summed E-state index contributed by atoms with van der Waals surface area (Å²) in [6.45, 7) is 5.36. The van der Waals surface area contributed by atoms with Crippen molar-refractivity contribution in [2.45, 2.75) is 20.8 Å². The minimum Gasteiger partial charge on any atom is -0.363 e. The summed E-state index contributed by atoms with van der Waals surface area (Å²) < 4.78 is 1.41. The highest BCUT2D eigenvalue weighted by atomic mass is 16.6. The summed E-state index contributed by atoms with van der Waals surface area (Å²) >= 11 is 0.